The van der Waals surface area contributed by atoms with Crippen LogP contribution in [0.5, 0.6) is 0 Å². The summed E-state index contributed by atoms with van der Waals surface area (Å²) in [5.74, 6) is 5.81. The molecule has 0 fully saturated rings. The van der Waals surface area contributed by atoms with Crippen LogP contribution in [0.2, 0.25) is 0 Å². The Morgan fingerprint density at radius 3 is 2.33 bits per heavy atom. The standard InChI is InChI=1S/C13H23NO/c1-7-10-14(6)13(4,5)9-8-12(15)11(2)3/h11H,7,10H2,1-6H3. The van der Waals surface area contributed by atoms with Crippen molar-refractivity contribution in [2.75, 3.05) is 13.6 Å². The van der Waals surface area contributed by atoms with Gasteiger partial charge in [0.05, 0.1) is 5.54 Å². The molecule has 0 saturated carbocycles. The van der Waals surface area contributed by atoms with E-state index in [1.807, 2.05) is 34.7 Å². The van der Waals surface area contributed by atoms with E-state index in [0.29, 0.717) is 0 Å². The molecule has 0 heterocycles. The molecule has 0 amide bonds. The lowest BCUT2D eigenvalue weighted by Crippen LogP contribution is -2.40. The van der Waals surface area contributed by atoms with Crippen LogP contribution < -0.4 is 0 Å². The molecule has 0 saturated heterocycles. The van der Waals surface area contributed by atoms with Crippen molar-refractivity contribution in [3.8, 4) is 11.8 Å². The highest BCUT2D eigenvalue weighted by Crippen LogP contribution is 2.11. The van der Waals surface area contributed by atoms with E-state index < -0.39 is 0 Å². The first-order valence-corrected chi connectivity index (χ1v) is 5.59. The highest BCUT2D eigenvalue weighted by molar-refractivity contribution is 5.97. The zero-order valence-corrected chi connectivity index (χ0v) is 10.8. The van der Waals surface area contributed by atoms with Gasteiger partial charge in [-0.3, -0.25) is 9.69 Å². The average molecular weight is 209 g/mol. The van der Waals surface area contributed by atoms with Crippen LogP contribution >= 0.6 is 0 Å². The molecule has 0 unspecified atom stereocenters. The van der Waals surface area contributed by atoms with Crippen LogP contribution in [0, 0.1) is 17.8 Å². The third kappa shape index (κ3) is 4.99. The summed E-state index contributed by atoms with van der Waals surface area (Å²) in [6.07, 6.45) is 1.10. The maximum absolute atomic E-state index is 11.4. The van der Waals surface area contributed by atoms with Crippen molar-refractivity contribution >= 4 is 5.78 Å². The van der Waals surface area contributed by atoms with E-state index in [9.17, 15) is 4.79 Å². The number of ketones is 1. The van der Waals surface area contributed by atoms with Crippen LogP contribution in [-0.4, -0.2) is 29.8 Å². The third-order valence-electron chi connectivity index (χ3n) is 2.53. The Kier molecular flexibility index (Phi) is 5.60. The summed E-state index contributed by atoms with van der Waals surface area (Å²) in [6.45, 7) is 11.0. The summed E-state index contributed by atoms with van der Waals surface area (Å²) < 4.78 is 0. The number of carbonyl (C=O) groups excluding carboxylic acids is 1. The van der Waals surface area contributed by atoms with Crippen LogP contribution in [0.1, 0.15) is 41.0 Å². The minimum atomic E-state index is -0.222. The Labute approximate surface area is 94.0 Å². The number of carbonyl (C=O) groups is 1. The highest BCUT2D eigenvalue weighted by atomic mass is 16.1. The first kappa shape index (κ1) is 14.2. The Bertz CT molecular complexity index is 268. The topological polar surface area (TPSA) is 20.3 Å². The minimum Gasteiger partial charge on any atom is -0.291 e. The molecule has 0 spiro atoms. The lowest BCUT2D eigenvalue weighted by atomic mass is 10.0. The highest BCUT2D eigenvalue weighted by Gasteiger charge is 2.20. The lowest BCUT2D eigenvalue weighted by molar-refractivity contribution is -0.116. The minimum absolute atomic E-state index is 0.00443. The second kappa shape index (κ2) is 5.92. The van der Waals surface area contributed by atoms with Crippen LogP contribution in [0.3, 0.4) is 0 Å². The van der Waals surface area contributed by atoms with Gasteiger partial charge in [0.25, 0.3) is 0 Å². The Morgan fingerprint density at radius 2 is 1.93 bits per heavy atom. The summed E-state index contributed by atoms with van der Waals surface area (Å²) in [5.41, 5.74) is -0.222. The first-order chi connectivity index (χ1) is 6.81. The molecule has 0 aromatic heterocycles. The van der Waals surface area contributed by atoms with Gasteiger partial charge in [0.1, 0.15) is 0 Å². The van der Waals surface area contributed by atoms with Crippen molar-refractivity contribution in [3.05, 3.63) is 0 Å². The Hall–Kier alpha value is -0.810. The molecule has 0 atom stereocenters. The number of rotatable bonds is 4. The van der Waals surface area contributed by atoms with Crippen LogP contribution in [-0.2, 0) is 4.79 Å². The number of nitrogens with zero attached hydrogens (tertiary/aromatic N) is 1. The van der Waals surface area contributed by atoms with Crippen molar-refractivity contribution in [3.63, 3.8) is 0 Å². The molecule has 86 valence electrons. The summed E-state index contributed by atoms with van der Waals surface area (Å²) >= 11 is 0. The molecule has 15 heavy (non-hydrogen) atoms. The maximum Gasteiger partial charge on any atom is 0.208 e. The van der Waals surface area contributed by atoms with E-state index in [0.717, 1.165) is 13.0 Å². The molecular formula is C13H23NO. The summed E-state index contributed by atoms with van der Waals surface area (Å²) in [6, 6.07) is 0. The fraction of sp³-hybridized carbons (Fsp3) is 0.769. The monoisotopic (exact) mass is 209 g/mol. The molecule has 0 aliphatic rings. The molecule has 0 aliphatic heterocycles. The van der Waals surface area contributed by atoms with Gasteiger partial charge < -0.3 is 0 Å². The average Bonchev–Trinajstić information content (AvgIpc) is 2.14. The van der Waals surface area contributed by atoms with E-state index in [-0.39, 0.29) is 17.2 Å². The van der Waals surface area contributed by atoms with Gasteiger partial charge in [-0.15, -0.1) is 0 Å². The summed E-state index contributed by atoms with van der Waals surface area (Å²) in [4.78, 5) is 13.6. The number of hydrogen-bond donors (Lipinski definition) is 0. The summed E-state index contributed by atoms with van der Waals surface area (Å²) in [7, 11) is 2.04. The molecule has 2 nitrogen and oxygen atoms in total. The second-order valence-corrected chi connectivity index (χ2v) is 4.75. The predicted molar refractivity (Wildman–Crippen MR) is 64.6 cm³/mol. The van der Waals surface area contributed by atoms with Gasteiger partial charge in [-0.25, -0.2) is 0 Å². The second-order valence-electron chi connectivity index (χ2n) is 4.75. The van der Waals surface area contributed by atoms with Crippen molar-refractivity contribution in [2.24, 2.45) is 5.92 Å². The zero-order chi connectivity index (χ0) is 12.1. The summed E-state index contributed by atoms with van der Waals surface area (Å²) in [5, 5.41) is 0. The van der Waals surface area contributed by atoms with E-state index in [4.69, 9.17) is 0 Å². The Morgan fingerprint density at radius 1 is 1.40 bits per heavy atom. The molecule has 2 heteroatoms. The third-order valence-corrected chi connectivity index (χ3v) is 2.53. The van der Waals surface area contributed by atoms with Gasteiger partial charge in [0.2, 0.25) is 5.78 Å². The van der Waals surface area contributed by atoms with Crippen LogP contribution in [0.25, 0.3) is 0 Å². The predicted octanol–water partition coefficient (Wildman–Crippen LogP) is 2.34. The molecule has 0 aromatic rings. The quantitative estimate of drug-likeness (QED) is 0.523. The van der Waals surface area contributed by atoms with E-state index in [1.54, 1.807) is 0 Å². The molecule has 0 aromatic carbocycles. The SMILES string of the molecule is CCCN(C)C(C)(C)C#CC(=O)C(C)C. The smallest absolute Gasteiger partial charge is 0.208 e. The van der Waals surface area contributed by atoms with Gasteiger partial charge in [0.15, 0.2) is 0 Å². The van der Waals surface area contributed by atoms with E-state index in [2.05, 4.69) is 23.7 Å². The van der Waals surface area contributed by atoms with Gasteiger partial charge in [-0.2, -0.15) is 0 Å². The molecular weight excluding hydrogens is 186 g/mol. The normalized spacial score (nSPS) is 11.5. The molecule has 0 N–H and O–H groups in total. The molecule has 0 aliphatic carbocycles. The maximum atomic E-state index is 11.4. The van der Waals surface area contributed by atoms with Crippen molar-refractivity contribution in [1.29, 1.82) is 0 Å². The van der Waals surface area contributed by atoms with E-state index in [1.165, 1.54) is 0 Å². The van der Waals surface area contributed by atoms with Gasteiger partial charge in [-0.1, -0.05) is 26.7 Å². The van der Waals surface area contributed by atoms with Crippen LogP contribution in [0.4, 0.5) is 0 Å². The zero-order valence-electron chi connectivity index (χ0n) is 10.8. The van der Waals surface area contributed by atoms with Gasteiger partial charge >= 0.3 is 0 Å². The number of hydrogen-bond acceptors (Lipinski definition) is 2. The Balaban J connectivity index is 4.54. The fourth-order valence-electron chi connectivity index (χ4n) is 1.07. The fourth-order valence-corrected chi connectivity index (χ4v) is 1.07. The molecule has 0 rings (SSSR count). The molecule has 0 bridgehead atoms. The largest absolute Gasteiger partial charge is 0.291 e. The van der Waals surface area contributed by atoms with E-state index >= 15 is 0 Å². The van der Waals surface area contributed by atoms with Crippen molar-refractivity contribution in [2.45, 2.75) is 46.6 Å². The van der Waals surface area contributed by atoms with Crippen molar-refractivity contribution < 1.29 is 4.79 Å². The lowest BCUT2D eigenvalue weighted by Gasteiger charge is -2.30. The number of Topliss-reactive ketones (excluding diaryl/α,β-unsaturated/α-hetero) is 1. The first-order valence-electron chi connectivity index (χ1n) is 5.59. The molecule has 0 radical (unpaired) electrons. The van der Waals surface area contributed by atoms with Crippen molar-refractivity contribution in [1.82, 2.24) is 4.90 Å². The van der Waals surface area contributed by atoms with Gasteiger partial charge in [-0.05, 0) is 39.8 Å². The van der Waals surface area contributed by atoms with Gasteiger partial charge in [0, 0.05) is 5.92 Å². The van der Waals surface area contributed by atoms with Crippen LogP contribution in [0.15, 0.2) is 0 Å².